The lowest BCUT2D eigenvalue weighted by Crippen LogP contribution is -2.29. The molecule has 3 aromatic rings. The second-order valence-corrected chi connectivity index (χ2v) is 8.69. The zero-order valence-electron chi connectivity index (χ0n) is 20.0. The van der Waals surface area contributed by atoms with Gasteiger partial charge < -0.3 is 9.84 Å². The maximum Gasteiger partial charge on any atom is 0.300 e. The fourth-order valence-corrected chi connectivity index (χ4v) is 4.32. The number of aliphatic hydroxyl groups is 1. The van der Waals surface area contributed by atoms with Gasteiger partial charge in [-0.15, -0.1) is 0 Å². The van der Waals surface area contributed by atoms with Crippen LogP contribution >= 0.6 is 0 Å². The van der Waals surface area contributed by atoms with Gasteiger partial charge in [-0.25, -0.2) is 0 Å². The molecule has 1 unspecified atom stereocenters. The van der Waals surface area contributed by atoms with Gasteiger partial charge in [0.05, 0.1) is 18.2 Å². The fraction of sp³-hybridized carbons (Fsp3) is 0.241. The summed E-state index contributed by atoms with van der Waals surface area (Å²) in [7, 11) is 0. The molecule has 0 aromatic heterocycles. The van der Waals surface area contributed by atoms with Crippen LogP contribution in [0.4, 0.5) is 5.69 Å². The fourth-order valence-electron chi connectivity index (χ4n) is 4.32. The van der Waals surface area contributed by atoms with E-state index in [2.05, 4.69) is 0 Å². The first kappa shape index (κ1) is 23.3. The Bertz CT molecular complexity index is 1270. The highest BCUT2D eigenvalue weighted by Gasteiger charge is 2.47. The quantitative estimate of drug-likeness (QED) is 0.280. The molecule has 5 nitrogen and oxygen atoms in total. The van der Waals surface area contributed by atoms with Crippen LogP contribution in [0.1, 0.15) is 47.2 Å². The predicted molar refractivity (Wildman–Crippen MR) is 134 cm³/mol. The third kappa shape index (κ3) is 4.21. The van der Waals surface area contributed by atoms with Gasteiger partial charge in [0.1, 0.15) is 11.5 Å². The van der Waals surface area contributed by atoms with Crippen molar-refractivity contribution >= 4 is 23.1 Å². The van der Waals surface area contributed by atoms with Crippen LogP contribution in [0.25, 0.3) is 5.76 Å². The minimum atomic E-state index is -0.736. The molecule has 34 heavy (non-hydrogen) atoms. The summed E-state index contributed by atoms with van der Waals surface area (Å²) in [6.45, 7) is 8.43. The average molecular weight is 456 g/mol. The molecule has 1 amide bonds. The Morgan fingerprint density at radius 3 is 2.29 bits per heavy atom. The van der Waals surface area contributed by atoms with Crippen LogP contribution in [0.2, 0.25) is 0 Å². The number of hydrogen-bond acceptors (Lipinski definition) is 4. The van der Waals surface area contributed by atoms with Gasteiger partial charge in [-0.1, -0.05) is 48.9 Å². The van der Waals surface area contributed by atoms with Crippen molar-refractivity contribution in [3.8, 4) is 5.75 Å². The van der Waals surface area contributed by atoms with Crippen molar-refractivity contribution in [1.82, 2.24) is 0 Å². The zero-order valence-corrected chi connectivity index (χ0v) is 20.0. The van der Waals surface area contributed by atoms with E-state index in [-0.39, 0.29) is 11.3 Å². The Kier molecular flexibility index (Phi) is 6.55. The number of ketones is 1. The van der Waals surface area contributed by atoms with E-state index in [0.29, 0.717) is 17.9 Å². The molecule has 1 saturated heterocycles. The lowest BCUT2D eigenvalue weighted by molar-refractivity contribution is -0.132. The summed E-state index contributed by atoms with van der Waals surface area (Å²) >= 11 is 0. The maximum absolute atomic E-state index is 13.3. The van der Waals surface area contributed by atoms with E-state index in [4.69, 9.17) is 4.74 Å². The Hall–Kier alpha value is -3.86. The van der Waals surface area contributed by atoms with Gasteiger partial charge in [0.25, 0.3) is 11.7 Å². The van der Waals surface area contributed by atoms with E-state index >= 15 is 0 Å². The largest absolute Gasteiger partial charge is 0.507 e. The molecule has 0 aliphatic carbocycles. The molecular weight excluding hydrogens is 426 g/mol. The lowest BCUT2D eigenvalue weighted by Gasteiger charge is -2.26. The number of benzene rings is 3. The maximum atomic E-state index is 13.3. The molecule has 0 saturated carbocycles. The normalized spacial score (nSPS) is 17.3. The Morgan fingerprint density at radius 1 is 0.941 bits per heavy atom. The topological polar surface area (TPSA) is 66.8 Å². The molecule has 174 valence electrons. The number of aryl methyl sites for hydroxylation is 3. The van der Waals surface area contributed by atoms with E-state index in [1.165, 1.54) is 4.90 Å². The van der Waals surface area contributed by atoms with Crippen molar-refractivity contribution < 1.29 is 19.4 Å². The minimum absolute atomic E-state index is 0.0847. The van der Waals surface area contributed by atoms with E-state index in [1.807, 2.05) is 76.2 Å². The predicted octanol–water partition coefficient (Wildman–Crippen LogP) is 6.03. The highest BCUT2D eigenvalue weighted by atomic mass is 16.5. The molecular formula is C29H29NO4. The highest BCUT2D eigenvalue weighted by Crippen LogP contribution is 2.43. The first-order valence-corrected chi connectivity index (χ1v) is 11.5. The van der Waals surface area contributed by atoms with Crippen molar-refractivity contribution in [3.63, 3.8) is 0 Å². The number of carbonyl (C=O) groups excluding carboxylic acids is 2. The molecule has 0 spiro atoms. The molecule has 1 atom stereocenters. The summed E-state index contributed by atoms with van der Waals surface area (Å²) in [5, 5.41) is 11.4. The number of amides is 1. The molecule has 3 aromatic carbocycles. The van der Waals surface area contributed by atoms with Gasteiger partial charge in [0.15, 0.2) is 0 Å². The summed E-state index contributed by atoms with van der Waals surface area (Å²) < 4.78 is 5.75. The van der Waals surface area contributed by atoms with E-state index < -0.39 is 17.7 Å². The number of anilines is 1. The summed E-state index contributed by atoms with van der Waals surface area (Å²) in [6.07, 6.45) is 0.889. The van der Waals surface area contributed by atoms with Crippen molar-refractivity contribution in [2.24, 2.45) is 0 Å². The first-order chi connectivity index (χ1) is 16.3. The molecule has 0 radical (unpaired) electrons. The van der Waals surface area contributed by atoms with Crippen LogP contribution in [0, 0.1) is 20.8 Å². The monoisotopic (exact) mass is 455 g/mol. The third-order valence-corrected chi connectivity index (χ3v) is 6.15. The van der Waals surface area contributed by atoms with Gasteiger partial charge >= 0.3 is 0 Å². The number of carbonyl (C=O) groups is 2. The standard InChI is InChI=1S/C29H29NO4/c1-5-16-34-24-15-12-21(17-20(24)4)27(31)25-26(23-9-7-6-8-19(23)3)30(29(33)28(25)32)22-13-10-18(2)11-14-22/h6-15,17,26,31H,5,16H2,1-4H3/b27-25+. The summed E-state index contributed by atoms with van der Waals surface area (Å²) in [6, 6.07) is 19.7. The highest BCUT2D eigenvalue weighted by molar-refractivity contribution is 6.51. The van der Waals surface area contributed by atoms with E-state index in [1.54, 1.807) is 18.2 Å². The molecule has 1 N–H and O–H groups in total. The Morgan fingerprint density at radius 2 is 1.65 bits per heavy atom. The number of aliphatic hydroxyl groups excluding tert-OH is 1. The molecule has 5 heteroatoms. The molecule has 1 heterocycles. The van der Waals surface area contributed by atoms with Crippen LogP contribution in [0.15, 0.2) is 72.3 Å². The van der Waals surface area contributed by atoms with Gasteiger partial charge in [0.2, 0.25) is 0 Å². The van der Waals surface area contributed by atoms with Crippen molar-refractivity contribution in [2.45, 2.75) is 40.2 Å². The zero-order chi connectivity index (χ0) is 24.4. The SMILES string of the molecule is CCCOc1ccc(/C(O)=C2\C(=O)C(=O)N(c3ccc(C)cc3)C2c2ccccc2C)cc1C. The van der Waals surface area contributed by atoms with Crippen LogP contribution < -0.4 is 9.64 Å². The number of hydrogen-bond donors (Lipinski definition) is 1. The number of ether oxygens (including phenoxy) is 1. The molecule has 1 aliphatic rings. The molecule has 1 fully saturated rings. The molecule has 0 bridgehead atoms. The van der Waals surface area contributed by atoms with Crippen LogP contribution in [0.3, 0.4) is 0 Å². The lowest BCUT2D eigenvalue weighted by atomic mass is 9.92. The average Bonchev–Trinajstić information content (AvgIpc) is 3.09. The molecule has 1 aliphatic heterocycles. The van der Waals surface area contributed by atoms with Crippen molar-refractivity contribution in [3.05, 3.63) is 100 Å². The second-order valence-electron chi connectivity index (χ2n) is 8.69. The van der Waals surface area contributed by atoms with E-state index in [0.717, 1.165) is 34.4 Å². The van der Waals surface area contributed by atoms with Crippen molar-refractivity contribution in [1.29, 1.82) is 0 Å². The Balaban J connectivity index is 1.89. The van der Waals surface area contributed by atoms with Crippen molar-refractivity contribution in [2.75, 3.05) is 11.5 Å². The third-order valence-electron chi connectivity index (χ3n) is 6.15. The Labute approximate surface area is 200 Å². The van der Waals surface area contributed by atoms with Crippen LogP contribution in [-0.2, 0) is 9.59 Å². The van der Waals surface area contributed by atoms with Gasteiger partial charge in [-0.05, 0) is 74.2 Å². The molecule has 4 rings (SSSR count). The smallest absolute Gasteiger partial charge is 0.300 e. The van der Waals surface area contributed by atoms with Gasteiger partial charge in [0, 0.05) is 11.3 Å². The number of rotatable bonds is 6. The van der Waals surface area contributed by atoms with Gasteiger partial charge in [-0.3, -0.25) is 14.5 Å². The minimum Gasteiger partial charge on any atom is -0.507 e. The van der Waals surface area contributed by atoms with Gasteiger partial charge in [-0.2, -0.15) is 0 Å². The van der Waals surface area contributed by atoms with E-state index in [9.17, 15) is 14.7 Å². The second kappa shape index (κ2) is 9.56. The summed E-state index contributed by atoms with van der Waals surface area (Å²) in [5.41, 5.74) is 4.79. The number of Topliss-reactive ketones (excluding diaryl/α,β-unsaturated/α-hetero) is 1. The van der Waals surface area contributed by atoms with Crippen LogP contribution in [-0.4, -0.2) is 23.4 Å². The summed E-state index contributed by atoms with van der Waals surface area (Å²) in [5.74, 6) is -0.811. The van der Waals surface area contributed by atoms with Crippen LogP contribution in [0.5, 0.6) is 5.75 Å². The first-order valence-electron chi connectivity index (χ1n) is 11.5. The number of nitrogens with zero attached hydrogens (tertiary/aromatic N) is 1. The summed E-state index contributed by atoms with van der Waals surface area (Å²) in [4.78, 5) is 28.1.